The number of aromatic nitrogens is 1. The molecule has 5 nitrogen and oxygen atoms in total. The number of nitrogens with zero attached hydrogens (tertiary/aromatic N) is 2. The molecule has 0 aliphatic carbocycles. The van der Waals surface area contributed by atoms with E-state index in [1.807, 2.05) is 31.2 Å². The molecule has 9 heteroatoms. The van der Waals surface area contributed by atoms with Crippen LogP contribution in [0.4, 0.5) is 18.9 Å². The number of pyridine rings is 1. The highest BCUT2D eigenvalue weighted by atomic mass is 35.5. The Bertz CT molecular complexity index is 781. The Kier molecular flexibility index (Phi) is 6.68. The van der Waals surface area contributed by atoms with Gasteiger partial charge in [0.15, 0.2) is 5.96 Å². The van der Waals surface area contributed by atoms with Crippen LogP contribution in [0.3, 0.4) is 0 Å². The molecule has 0 aliphatic rings. The number of guanidine groups is 1. The van der Waals surface area contributed by atoms with Gasteiger partial charge in [0.05, 0.1) is 12.2 Å². The van der Waals surface area contributed by atoms with Crippen LogP contribution >= 0.6 is 11.6 Å². The number of alkyl halides is 3. The molecule has 26 heavy (non-hydrogen) atoms. The third-order valence-electron chi connectivity index (χ3n) is 3.25. The summed E-state index contributed by atoms with van der Waals surface area (Å²) in [5.41, 5.74) is 6.80. The van der Waals surface area contributed by atoms with Crippen molar-refractivity contribution in [1.82, 2.24) is 4.98 Å². The summed E-state index contributed by atoms with van der Waals surface area (Å²) < 4.78 is 42.9. The van der Waals surface area contributed by atoms with E-state index in [9.17, 15) is 13.2 Å². The van der Waals surface area contributed by atoms with E-state index in [1.54, 1.807) is 0 Å². The van der Waals surface area contributed by atoms with Crippen LogP contribution in [0.1, 0.15) is 17.5 Å². The van der Waals surface area contributed by atoms with Crippen molar-refractivity contribution in [2.24, 2.45) is 10.7 Å². The molecule has 0 spiro atoms. The van der Waals surface area contributed by atoms with Gasteiger partial charge in [0.1, 0.15) is 5.02 Å². The highest BCUT2D eigenvalue weighted by molar-refractivity contribution is 6.31. The Hall–Kier alpha value is -2.48. The fourth-order valence-electron chi connectivity index (χ4n) is 2.03. The number of rotatable bonds is 6. The van der Waals surface area contributed by atoms with E-state index in [-0.39, 0.29) is 23.5 Å². The van der Waals surface area contributed by atoms with E-state index < -0.39 is 11.7 Å². The van der Waals surface area contributed by atoms with Gasteiger partial charge in [-0.05, 0) is 30.7 Å². The lowest BCUT2D eigenvalue weighted by Crippen LogP contribution is -2.23. The topological polar surface area (TPSA) is 72.5 Å². The predicted octanol–water partition coefficient (Wildman–Crippen LogP) is 4.26. The van der Waals surface area contributed by atoms with Crippen molar-refractivity contribution in [3.8, 4) is 5.88 Å². The normalized spacial score (nSPS) is 12.1. The lowest BCUT2D eigenvalue weighted by molar-refractivity contribution is -0.137. The first-order valence-corrected chi connectivity index (χ1v) is 8.12. The van der Waals surface area contributed by atoms with Gasteiger partial charge in [0.2, 0.25) is 5.88 Å². The summed E-state index contributed by atoms with van der Waals surface area (Å²) in [6.07, 6.45) is -3.32. The number of benzene rings is 1. The maximum absolute atomic E-state index is 12.5. The molecule has 1 aromatic carbocycles. The van der Waals surface area contributed by atoms with Crippen molar-refractivity contribution in [2.45, 2.75) is 19.5 Å². The van der Waals surface area contributed by atoms with Gasteiger partial charge in [-0.3, -0.25) is 4.99 Å². The summed E-state index contributed by atoms with van der Waals surface area (Å²) in [5, 5.41) is 2.78. The Morgan fingerprint density at radius 1 is 1.35 bits per heavy atom. The van der Waals surface area contributed by atoms with Crippen LogP contribution in [-0.2, 0) is 6.18 Å². The van der Waals surface area contributed by atoms with Crippen molar-refractivity contribution in [3.63, 3.8) is 0 Å². The molecule has 0 unspecified atom stereocenters. The summed E-state index contributed by atoms with van der Waals surface area (Å²) in [4.78, 5) is 7.74. The van der Waals surface area contributed by atoms with E-state index in [2.05, 4.69) is 15.3 Å². The van der Waals surface area contributed by atoms with Crippen molar-refractivity contribution < 1.29 is 17.9 Å². The number of nitrogens with two attached hydrogens (primary N) is 1. The fraction of sp³-hybridized carbons (Fsp3) is 0.294. The molecule has 0 atom stereocenters. The molecule has 1 aromatic heterocycles. The molecule has 3 N–H and O–H groups in total. The van der Waals surface area contributed by atoms with Gasteiger partial charge in [-0.15, -0.1) is 0 Å². The average molecular weight is 387 g/mol. The molecular formula is C17H18ClF3N4O. The number of hydrogen-bond acceptors (Lipinski definition) is 3. The van der Waals surface area contributed by atoms with Crippen LogP contribution in [0, 0.1) is 6.92 Å². The van der Waals surface area contributed by atoms with Crippen LogP contribution in [0.2, 0.25) is 5.02 Å². The summed E-state index contributed by atoms with van der Waals surface area (Å²) in [6.45, 7) is 2.54. The van der Waals surface area contributed by atoms with Crippen molar-refractivity contribution in [3.05, 3.63) is 52.7 Å². The maximum Gasteiger partial charge on any atom is 0.417 e. The van der Waals surface area contributed by atoms with E-state index in [4.69, 9.17) is 22.1 Å². The Balaban J connectivity index is 1.78. The molecule has 0 saturated heterocycles. The third-order valence-corrected chi connectivity index (χ3v) is 3.52. The van der Waals surface area contributed by atoms with Gasteiger partial charge < -0.3 is 15.8 Å². The highest BCUT2D eigenvalue weighted by Crippen LogP contribution is 2.33. The number of hydrogen-bond donors (Lipinski definition) is 2. The number of nitrogens with one attached hydrogen (secondary N) is 1. The van der Waals surface area contributed by atoms with E-state index >= 15 is 0 Å². The Labute approximate surface area is 154 Å². The van der Waals surface area contributed by atoms with Crippen LogP contribution in [0.25, 0.3) is 0 Å². The zero-order chi connectivity index (χ0) is 19.2. The molecule has 0 radical (unpaired) electrons. The molecule has 140 valence electrons. The van der Waals surface area contributed by atoms with Crippen LogP contribution in [0.15, 0.2) is 41.5 Å². The van der Waals surface area contributed by atoms with Crippen LogP contribution < -0.4 is 15.8 Å². The van der Waals surface area contributed by atoms with Gasteiger partial charge >= 0.3 is 6.18 Å². The van der Waals surface area contributed by atoms with E-state index in [0.29, 0.717) is 19.2 Å². The quantitative estimate of drug-likeness (QED) is 0.442. The summed E-state index contributed by atoms with van der Waals surface area (Å²) >= 11 is 5.76. The first-order valence-electron chi connectivity index (χ1n) is 7.75. The minimum Gasteiger partial charge on any atom is -0.477 e. The molecule has 0 bridgehead atoms. The van der Waals surface area contributed by atoms with Crippen molar-refractivity contribution in [2.75, 3.05) is 18.5 Å². The number of halogens is 4. The van der Waals surface area contributed by atoms with Crippen LogP contribution in [-0.4, -0.2) is 24.1 Å². The monoisotopic (exact) mass is 386 g/mol. The fourth-order valence-corrected chi connectivity index (χ4v) is 2.25. The molecule has 2 rings (SSSR count). The smallest absolute Gasteiger partial charge is 0.417 e. The predicted molar refractivity (Wildman–Crippen MR) is 95.7 cm³/mol. The summed E-state index contributed by atoms with van der Waals surface area (Å²) in [7, 11) is 0. The van der Waals surface area contributed by atoms with Crippen molar-refractivity contribution in [1.29, 1.82) is 0 Å². The van der Waals surface area contributed by atoms with Gasteiger partial charge in [0, 0.05) is 24.8 Å². The molecule has 1 heterocycles. The minimum absolute atomic E-state index is 0.0468. The first kappa shape index (κ1) is 19.8. The number of anilines is 1. The average Bonchev–Trinajstić information content (AvgIpc) is 2.55. The zero-order valence-corrected chi connectivity index (χ0v) is 14.7. The second-order valence-electron chi connectivity index (χ2n) is 5.47. The lowest BCUT2D eigenvalue weighted by atomic mass is 10.2. The molecule has 2 aromatic rings. The number of aliphatic imine (C=N–C) groups is 1. The Morgan fingerprint density at radius 2 is 2.12 bits per heavy atom. The van der Waals surface area contributed by atoms with Crippen molar-refractivity contribution >= 4 is 23.2 Å². The largest absolute Gasteiger partial charge is 0.477 e. The van der Waals surface area contributed by atoms with Gasteiger partial charge in [0.25, 0.3) is 0 Å². The first-order chi connectivity index (χ1) is 12.3. The van der Waals surface area contributed by atoms with Gasteiger partial charge in [-0.2, -0.15) is 13.2 Å². The maximum atomic E-state index is 12.5. The highest BCUT2D eigenvalue weighted by Gasteiger charge is 2.31. The van der Waals surface area contributed by atoms with Gasteiger partial charge in [-0.25, -0.2) is 4.98 Å². The SMILES string of the molecule is Cc1cccc(NC(N)=NCCCOc2ncc(C(F)(F)F)cc2Cl)c1. The van der Waals surface area contributed by atoms with Gasteiger partial charge in [-0.1, -0.05) is 23.7 Å². The number of aryl methyl sites for hydroxylation is 1. The van der Waals surface area contributed by atoms with Crippen LogP contribution in [0.5, 0.6) is 5.88 Å². The third kappa shape index (κ3) is 6.11. The molecule has 0 amide bonds. The second kappa shape index (κ2) is 8.75. The zero-order valence-electron chi connectivity index (χ0n) is 14.0. The van der Waals surface area contributed by atoms with E-state index in [1.165, 1.54) is 0 Å². The lowest BCUT2D eigenvalue weighted by Gasteiger charge is -2.10. The molecule has 0 fully saturated rings. The Morgan fingerprint density at radius 3 is 2.77 bits per heavy atom. The molecular weight excluding hydrogens is 369 g/mol. The standard InChI is InChI=1S/C17H18ClF3N4O/c1-11-4-2-5-13(8-11)25-16(22)23-6-3-7-26-15-14(18)9-12(10-24-15)17(19,20)21/h2,4-5,8-10H,3,6-7H2,1H3,(H3,22,23,25). The number of ether oxygens (including phenoxy) is 1. The second-order valence-corrected chi connectivity index (χ2v) is 5.88. The minimum atomic E-state index is -4.49. The molecule has 0 aliphatic heterocycles. The summed E-state index contributed by atoms with van der Waals surface area (Å²) in [5.74, 6) is 0.218. The van der Waals surface area contributed by atoms with E-state index in [0.717, 1.165) is 17.3 Å². The molecule has 0 saturated carbocycles. The summed E-state index contributed by atoms with van der Waals surface area (Å²) in [6, 6.07) is 8.46.